The van der Waals surface area contributed by atoms with E-state index in [0.29, 0.717) is 55.2 Å². The number of hydrogen-bond acceptors (Lipinski definition) is 8. The molecule has 2 aromatic rings. The van der Waals surface area contributed by atoms with Crippen molar-refractivity contribution in [2.75, 3.05) is 58.4 Å². The highest BCUT2D eigenvalue weighted by molar-refractivity contribution is 6.02. The summed E-state index contributed by atoms with van der Waals surface area (Å²) in [5.41, 5.74) is 3.74. The van der Waals surface area contributed by atoms with Crippen LogP contribution in [-0.2, 0) is 14.3 Å². The molecule has 1 unspecified atom stereocenters. The summed E-state index contributed by atoms with van der Waals surface area (Å²) in [5.74, 6) is 1.32. The Labute approximate surface area is 230 Å². The van der Waals surface area contributed by atoms with Gasteiger partial charge in [-0.2, -0.15) is 0 Å². The predicted octanol–water partition coefficient (Wildman–Crippen LogP) is 4.48. The van der Waals surface area contributed by atoms with E-state index in [-0.39, 0.29) is 23.7 Å². The van der Waals surface area contributed by atoms with Gasteiger partial charge >= 0.3 is 0 Å². The lowest BCUT2D eigenvalue weighted by molar-refractivity contribution is -0.120. The molecule has 1 heterocycles. The number of ether oxygens (including phenoxy) is 4. The minimum atomic E-state index is -0.571. The third kappa shape index (κ3) is 5.98. The molecule has 4 rings (SSSR count). The fraction of sp³-hybridized carbons (Fsp3) is 0.467. The molecule has 39 heavy (non-hydrogen) atoms. The Morgan fingerprint density at radius 3 is 2.38 bits per heavy atom. The Balaban J connectivity index is 1.91. The molecule has 0 bridgehead atoms. The van der Waals surface area contributed by atoms with E-state index < -0.39 is 6.04 Å². The zero-order valence-corrected chi connectivity index (χ0v) is 23.7. The van der Waals surface area contributed by atoms with Crippen LogP contribution in [0.5, 0.6) is 17.2 Å². The summed E-state index contributed by atoms with van der Waals surface area (Å²) < 4.78 is 22.0. The van der Waals surface area contributed by atoms with Gasteiger partial charge in [-0.25, -0.2) is 0 Å². The summed E-state index contributed by atoms with van der Waals surface area (Å²) in [6, 6.07) is 11.0. The van der Waals surface area contributed by atoms with Crippen molar-refractivity contribution in [3.63, 3.8) is 0 Å². The van der Waals surface area contributed by atoms with Crippen molar-refractivity contribution < 1.29 is 28.5 Å². The number of nitrogens with one attached hydrogen (secondary N) is 2. The van der Waals surface area contributed by atoms with E-state index in [1.165, 1.54) is 0 Å². The van der Waals surface area contributed by atoms with E-state index in [0.717, 1.165) is 22.6 Å². The van der Waals surface area contributed by atoms with Crippen molar-refractivity contribution in [1.82, 2.24) is 5.32 Å². The van der Waals surface area contributed by atoms with E-state index >= 15 is 0 Å². The van der Waals surface area contributed by atoms with Gasteiger partial charge in [0.05, 0.1) is 45.3 Å². The minimum Gasteiger partial charge on any atom is -0.493 e. The number of fused-ring (bicyclic) bond motifs is 1. The maximum absolute atomic E-state index is 13.9. The number of anilines is 2. The lowest BCUT2D eigenvalue weighted by Crippen LogP contribution is -2.42. The van der Waals surface area contributed by atoms with Gasteiger partial charge < -0.3 is 34.5 Å². The van der Waals surface area contributed by atoms with Crippen LogP contribution < -0.4 is 29.7 Å². The average Bonchev–Trinajstić information content (AvgIpc) is 3.04. The first-order valence-corrected chi connectivity index (χ1v) is 13.2. The number of carbonyl (C=O) groups excluding carboxylic acids is 2. The van der Waals surface area contributed by atoms with Gasteiger partial charge in [-0.3, -0.25) is 9.59 Å². The van der Waals surface area contributed by atoms with Gasteiger partial charge in [0.2, 0.25) is 11.7 Å². The molecular weight excluding hydrogens is 498 g/mol. The fourth-order valence-electron chi connectivity index (χ4n) is 5.49. The molecule has 0 fully saturated rings. The highest BCUT2D eigenvalue weighted by atomic mass is 16.5. The average molecular weight is 538 g/mol. The van der Waals surface area contributed by atoms with Crippen molar-refractivity contribution in [2.24, 2.45) is 5.41 Å². The number of para-hydroxylation sites is 2. The molecule has 2 aliphatic rings. The van der Waals surface area contributed by atoms with E-state index in [9.17, 15) is 9.59 Å². The fourth-order valence-corrected chi connectivity index (χ4v) is 5.49. The molecule has 9 heteroatoms. The summed E-state index contributed by atoms with van der Waals surface area (Å²) in [6.45, 7) is 5.31. The first kappa shape index (κ1) is 28.3. The SMILES string of the molecule is COCCCNC(=O)CN1c2ccccc2NC2=C(C(=O)CC(C)(C)C2)C1c1cc(OC)c(OC)c(OC)c1. The maximum Gasteiger partial charge on any atom is 0.239 e. The van der Waals surface area contributed by atoms with Crippen LogP contribution in [0.2, 0.25) is 0 Å². The lowest BCUT2D eigenvalue weighted by Gasteiger charge is -2.38. The van der Waals surface area contributed by atoms with Crippen LogP contribution in [0.3, 0.4) is 0 Å². The number of benzene rings is 2. The molecule has 0 radical (unpaired) electrons. The van der Waals surface area contributed by atoms with Gasteiger partial charge in [0.15, 0.2) is 17.3 Å². The van der Waals surface area contributed by atoms with Crippen molar-refractivity contribution in [2.45, 2.75) is 39.2 Å². The van der Waals surface area contributed by atoms with Gasteiger partial charge in [-0.15, -0.1) is 0 Å². The van der Waals surface area contributed by atoms with E-state index in [2.05, 4.69) is 24.5 Å². The highest BCUT2D eigenvalue weighted by Crippen LogP contribution is 2.50. The second kappa shape index (κ2) is 12.0. The summed E-state index contributed by atoms with van der Waals surface area (Å²) in [7, 11) is 6.32. The summed E-state index contributed by atoms with van der Waals surface area (Å²) in [4.78, 5) is 29.2. The molecule has 1 atom stereocenters. The van der Waals surface area contributed by atoms with Crippen LogP contribution in [0, 0.1) is 5.41 Å². The zero-order chi connectivity index (χ0) is 28.2. The number of amides is 1. The van der Waals surface area contributed by atoms with Crippen molar-refractivity contribution in [3.8, 4) is 17.2 Å². The number of Topliss-reactive ketones (excluding diaryl/α,β-unsaturated/α-hetero) is 1. The Kier molecular flexibility index (Phi) is 8.70. The number of ketones is 1. The predicted molar refractivity (Wildman–Crippen MR) is 151 cm³/mol. The van der Waals surface area contributed by atoms with Gasteiger partial charge in [0.1, 0.15) is 0 Å². The molecule has 9 nitrogen and oxygen atoms in total. The minimum absolute atomic E-state index is 0.0421. The molecule has 1 amide bonds. The summed E-state index contributed by atoms with van der Waals surface area (Å²) in [5, 5.41) is 6.57. The van der Waals surface area contributed by atoms with E-state index in [4.69, 9.17) is 18.9 Å². The summed E-state index contributed by atoms with van der Waals surface area (Å²) in [6.07, 6.45) is 1.81. The molecule has 1 aliphatic carbocycles. The number of allylic oxidation sites excluding steroid dienone is 1. The topological polar surface area (TPSA) is 98.4 Å². The van der Waals surface area contributed by atoms with Crippen molar-refractivity contribution in [3.05, 3.63) is 53.2 Å². The summed E-state index contributed by atoms with van der Waals surface area (Å²) >= 11 is 0. The number of carbonyl (C=O) groups is 2. The van der Waals surface area contributed by atoms with Crippen molar-refractivity contribution >= 4 is 23.1 Å². The van der Waals surface area contributed by atoms with E-state index in [1.54, 1.807) is 28.4 Å². The second-order valence-electron chi connectivity index (χ2n) is 10.7. The maximum atomic E-state index is 13.9. The molecule has 0 saturated heterocycles. The van der Waals surface area contributed by atoms with Crippen LogP contribution in [0.1, 0.15) is 44.7 Å². The Morgan fingerprint density at radius 1 is 1.05 bits per heavy atom. The van der Waals surface area contributed by atoms with E-state index in [1.807, 2.05) is 41.3 Å². The molecular formula is C30H39N3O6. The second-order valence-corrected chi connectivity index (χ2v) is 10.7. The van der Waals surface area contributed by atoms with Crippen LogP contribution >= 0.6 is 0 Å². The Hall–Kier alpha value is -3.72. The highest BCUT2D eigenvalue weighted by Gasteiger charge is 2.42. The molecule has 2 N–H and O–H groups in total. The molecule has 1 aliphatic heterocycles. The Bertz CT molecular complexity index is 1230. The molecule has 210 valence electrons. The molecule has 2 aromatic carbocycles. The number of rotatable bonds is 10. The third-order valence-corrected chi connectivity index (χ3v) is 7.17. The Morgan fingerprint density at radius 2 is 1.74 bits per heavy atom. The van der Waals surface area contributed by atoms with Gasteiger partial charge in [0, 0.05) is 38.0 Å². The standard InChI is InChI=1S/C30H39N3O6/c1-30(2)16-21-27(23(34)17-30)28(19-14-24(37-4)29(39-6)25(15-19)38-5)33(18-26(35)31-12-9-13-36-3)22-11-8-7-10-20(22)32-21/h7-8,10-11,14-15,28,32H,9,12-13,16-18H2,1-6H3,(H,31,35). The normalized spacial score (nSPS) is 17.9. The number of hydrogen-bond donors (Lipinski definition) is 2. The van der Waals surface area contributed by atoms with Gasteiger partial charge in [0.25, 0.3) is 0 Å². The van der Waals surface area contributed by atoms with Crippen LogP contribution in [0.15, 0.2) is 47.7 Å². The van der Waals surface area contributed by atoms with Crippen LogP contribution in [0.25, 0.3) is 0 Å². The molecule has 0 spiro atoms. The monoisotopic (exact) mass is 537 g/mol. The molecule has 0 aromatic heterocycles. The number of methoxy groups -OCH3 is 4. The van der Waals surface area contributed by atoms with Crippen LogP contribution in [0.4, 0.5) is 11.4 Å². The van der Waals surface area contributed by atoms with Gasteiger partial charge in [-0.1, -0.05) is 26.0 Å². The zero-order valence-electron chi connectivity index (χ0n) is 23.7. The first-order valence-electron chi connectivity index (χ1n) is 13.2. The number of nitrogens with zero attached hydrogens (tertiary/aromatic N) is 1. The first-order chi connectivity index (χ1) is 18.7. The largest absolute Gasteiger partial charge is 0.493 e. The molecule has 0 saturated carbocycles. The quantitative estimate of drug-likeness (QED) is 0.428. The lowest BCUT2D eigenvalue weighted by atomic mass is 9.73. The third-order valence-electron chi connectivity index (χ3n) is 7.17. The van der Waals surface area contributed by atoms with Gasteiger partial charge in [-0.05, 0) is 48.1 Å². The van der Waals surface area contributed by atoms with Crippen molar-refractivity contribution in [1.29, 1.82) is 0 Å². The smallest absolute Gasteiger partial charge is 0.239 e. The van der Waals surface area contributed by atoms with Crippen LogP contribution in [-0.4, -0.2) is 59.8 Å².